The number of aryl methyl sites for hydroxylation is 1. The first kappa shape index (κ1) is 11.9. The molecule has 0 radical (unpaired) electrons. The summed E-state index contributed by atoms with van der Waals surface area (Å²) in [5, 5.41) is 5.28. The number of nitrogens with one attached hydrogen (secondary N) is 2. The average molecular weight is 265 g/mol. The zero-order chi connectivity index (χ0) is 12.7. The predicted octanol–water partition coefficient (Wildman–Crippen LogP) is 3.43. The highest BCUT2D eigenvalue weighted by Gasteiger charge is 2.24. The molecule has 1 aliphatic rings. The highest BCUT2D eigenvalue weighted by atomic mass is 35.5. The van der Waals surface area contributed by atoms with Crippen LogP contribution < -0.4 is 10.1 Å². The lowest BCUT2D eigenvalue weighted by molar-refractivity contribution is 0.415. The van der Waals surface area contributed by atoms with Gasteiger partial charge < -0.3 is 15.0 Å². The van der Waals surface area contributed by atoms with Gasteiger partial charge in [-0.25, -0.2) is 0 Å². The Bertz CT molecular complexity index is 591. The first-order valence-corrected chi connectivity index (χ1v) is 6.67. The molecule has 4 heteroatoms. The van der Waals surface area contributed by atoms with Gasteiger partial charge >= 0.3 is 0 Å². The van der Waals surface area contributed by atoms with Crippen LogP contribution in [-0.4, -0.2) is 19.1 Å². The van der Waals surface area contributed by atoms with Gasteiger partial charge in [-0.3, -0.25) is 0 Å². The van der Waals surface area contributed by atoms with Crippen LogP contribution in [0.15, 0.2) is 12.1 Å². The molecule has 0 saturated heterocycles. The molecule has 0 saturated carbocycles. The number of fused-ring (bicyclic) bond motifs is 3. The van der Waals surface area contributed by atoms with Crippen molar-refractivity contribution >= 4 is 22.5 Å². The second kappa shape index (κ2) is 4.48. The van der Waals surface area contributed by atoms with Crippen molar-refractivity contribution in [2.45, 2.75) is 25.3 Å². The fourth-order valence-electron chi connectivity index (χ4n) is 2.94. The van der Waals surface area contributed by atoms with E-state index >= 15 is 0 Å². The third kappa shape index (κ3) is 1.70. The molecule has 96 valence electrons. The summed E-state index contributed by atoms with van der Waals surface area (Å²) in [7, 11) is 3.67. The summed E-state index contributed by atoms with van der Waals surface area (Å²) < 4.78 is 5.32. The second-order valence-corrected chi connectivity index (χ2v) is 5.19. The largest absolute Gasteiger partial charge is 0.495 e. The Labute approximate surface area is 111 Å². The number of ether oxygens (including phenoxy) is 1. The Kier molecular flexibility index (Phi) is 2.96. The molecule has 0 bridgehead atoms. The SMILES string of the molecule is CNC1CCCc2[nH]c3cc(Cl)c(OC)cc3c21. The number of rotatable bonds is 2. The van der Waals surface area contributed by atoms with Crippen molar-refractivity contribution in [2.24, 2.45) is 0 Å². The van der Waals surface area contributed by atoms with Gasteiger partial charge in [-0.05, 0) is 44.0 Å². The van der Waals surface area contributed by atoms with E-state index in [0.717, 1.165) is 17.7 Å². The zero-order valence-electron chi connectivity index (χ0n) is 10.6. The Hall–Kier alpha value is -1.19. The molecule has 2 N–H and O–H groups in total. The maximum absolute atomic E-state index is 6.18. The molecule has 1 atom stereocenters. The molecule has 3 rings (SSSR count). The lowest BCUT2D eigenvalue weighted by Gasteiger charge is -2.22. The standard InChI is InChI=1S/C14H17ClN2O/c1-16-10-4-3-5-11-14(10)8-6-13(18-2)9(15)7-12(8)17-11/h6-7,10,16-17H,3-5H2,1-2H3. The van der Waals surface area contributed by atoms with Crippen molar-refractivity contribution in [1.82, 2.24) is 10.3 Å². The summed E-state index contributed by atoms with van der Waals surface area (Å²) in [6, 6.07) is 4.43. The van der Waals surface area contributed by atoms with Gasteiger partial charge in [0.1, 0.15) is 5.75 Å². The number of aromatic nitrogens is 1. The minimum atomic E-state index is 0.424. The van der Waals surface area contributed by atoms with E-state index in [1.54, 1.807) is 7.11 Å². The fraction of sp³-hybridized carbons (Fsp3) is 0.429. The third-order valence-corrected chi connectivity index (χ3v) is 4.10. The van der Waals surface area contributed by atoms with Crippen molar-refractivity contribution < 1.29 is 4.74 Å². The van der Waals surface area contributed by atoms with Crippen LogP contribution in [0.3, 0.4) is 0 Å². The van der Waals surface area contributed by atoms with E-state index in [4.69, 9.17) is 16.3 Å². The van der Waals surface area contributed by atoms with Crippen molar-refractivity contribution in [3.63, 3.8) is 0 Å². The molecule has 0 aliphatic heterocycles. The first-order chi connectivity index (χ1) is 8.74. The van der Waals surface area contributed by atoms with Crippen LogP contribution in [0.4, 0.5) is 0 Å². The normalized spacial score (nSPS) is 18.9. The van der Waals surface area contributed by atoms with Crippen molar-refractivity contribution in [3.8, 4) is 5.75 Å². The van der Waals surface area contributed by atoms with Crippen LogP contribution in [0.5, 0.6) is 5.75 Å². The Morgan fingerprint density at radius 2 is 2.28 bits per heavy atom. The number of halogens is 1. The monoisotopic (exact) mass is 264 g/mol. The number of hydrogen-bond donors (Lipinski definition) is 2. The molecular formula is C14H17ClN2O. The summed E-state index contributed by atoms with van der Waals surface area (Å²) in [5.74, 6) is 0.742. The fourth-order valence-corrected chi connectivity index (χ4v) is 3.18. The lowest BCUT2D eigenvalue weighted by Crippen LogP contribution is -2.20. The van der Waals surface area contributed by atoms with E-state index in [-0.39, 0.29) is 0 Å². The van der Waals surface area contributed by atoms with Gasteiger partial charge in [0.15, 0.2) is 0 Å². The van der Waals surface area contributed by atoms with Crippen molar-refractivity contribution in [1.29, 1.82) is 0 Å². The third-order valence-electron chi connectivity index (χ3n) is 3.81. The Balaban J connectivity index is 2.26. The molecule has 0 spiro atoms. The highest BCUT2D eigenvalue weighted by Crippen LogP contribution is 2.39. The summed E-state index contributed by atoms with van der Waals surface area (Å²) >= 11 is 6.18. The maximum atomic E-state index is 6.18. The minimum Gasteiger partial charge on any atom is -0.495 e. The number of hydrogen-bond acceptors (Lipinski definition) is 2. The minimum absolute atomic E-state index is 0.424. The van der Waals surface area contributed by atoms with Gasteiger partial charge in [0.25, 0.3) is 0 Å². The molecule has 0 amide bonds. The summed E-state index contributed by atoms with van der Waals surface area (Å²) in [5.41, 5.74) is 3.82. The van der Waals surface area contributed by atoms with E-state index in [0.29, 0.717) is 11.1 Å². The number of benzene rings is 1. The van der Waals surface area contributed by atoms with E-state index in [1.165, 1.54) is 29.5 Å². The molecule has 0 fully saturated rings. The molecule has 1 heterocycles. The van der Waals surface area contributed by atoms with Crippen LogP contribution in [-0.2, 0) is 6.42 Å². The smallest absolute Gasteiger partial charge is 0.138 e. The van der Waals surface area contributed by atoms with E-state index in [9.17, 15) is 0 Å². The number of H-pyrrole nitrogens is 1. The molecule has 1 aromatic carbocycles. The predicted molar refractivity (Wildman–Crippen MR) is 74.6 cm³/mol. The van der Waals surface area contributed by atoms with Crippen LogP contribution in [0, 0.1) is 0 Å². The zero-order valence-corrected chi connectivity index (χ0v) is 11.4. The van der Waals surface area contributed by atoms with Crippen LogP contribution in [0.1, 0.15) is 30.1 Å². The van der Waals surface area contributed by atoms with Gasteiger partial charge in [-0.1, -0.05) is 11.6 Å². The number of aromatic amines is 1. The van der Waals surface area contributed by atoms with Crippen LogP contribution in [0.25, 0.3) is 10.9 Å². The molecule has 3 nitrogen and oxygen atoms in total. The Morgan fingerprint density at radius 3 is 3.00 bits per heavy atom. The van der Waals surface area contributed by atoms with E-state index < -0.39 is 0 Å². The summed E-state index contributed by atoms with van der Waals surface area (Å²) in [6.07, 6.45) is 3.51. The van der Waals surface area contributed by atoms with Crippen LogP contribution >= 0.6 is 11.6 Å². The Morgan fingerprint density at radius 1 is 1.44 bits per heavy atom. The van der Waals surface area contributed by atoms with E-state index in [2.05, 4.69) is 10.3 Å². The lowest BCUT2D eigenvalue weighted by atomic mass is 9.91. The molecule has 1 unspecified atom stereocenters. The van der Waals surface area contributed by atoms with E-state index in [1.807, 2.05) is 19.2 Å². The summed E-state index contributed by atoms with van der Waals surface area (Å²) in [4.78, 5) is 3.49. The van der Waals surface area contributed by atoms with Gasteiger partial charge in [0.2, 0.25) is 0 Å². The van der Waals surface area contributed by atoms with Crippen LogP contribution in [0.2, 0.25) is 5.02 Å². The summed E-state index contributed by atoms with van der Waals surface area (Å²) in [6.45, 7) is 0. The average Bonchev–Trinajstić information content (AvgIpc) is 2.74. The first-order valence-electron chi connectivity index (χ1n) is 6.30. The van der Waals surface area contributed by atoms with Crippen molar-refractivity contribution in [3.05, 3.63) is 28.4 Å². The van der Waals surface area contributed by atoms with Crippen molar-refractivity contribution in [2.75, 3.05) is 14.2 Å². The quantitative estimate of drug-likeness (QED) is 0.872. The highest BCUT2D eigenvalue weighted by molar-refractivity contribution is 6.32. The van der Waals surface area contributed by atoms with Gasteiger partial charge in [-0.2, -0.15) is 0 Å². The molecule has 1 aliphatic carbocycles. The van der Waals surface area contributed by atoms with Gasteiger partial charge in [-0.15, -0.1) is 0 Å². The molecule has 2 aromatic rings. The molecular weight excluding hydrogens is 248 g/mol. The second-order valence-electron chi connectivity index (χ2n) is 4.78. The number of methoxy groups -OCH3 is 1. The van der Waals surface area contributed by atoms with Gasteiger partial charge in [0, 0.05) is 22.6 Å². The maximum Gasteiger partial charge on any atom is 0.138 e. The molecule has 18 heavy (non-hydrogen) atoms. The van der Waals surface area contributed by atoms with Gasteiger partial charge in [0.05, 0.1) is 12.1 Å². The topological polar surface area (TPSA) is 37.0 Å². The molecule has 1 aromatic heterocycles.